The fourth-order valence-electron chi connectivity index (χ4n) is 3.37. The van der Waals surface area contributed by atoms with Crippen LogP contribution in [0.25, 0.3) is 11.2 Å². The van der Waals surface area contributed by atoms with E-state index in [9.17, 15) is 15.3 Å². The zero-order valence-corrected chi connectivity index (χ0v) is 14.9. The lowest BCUT2D eigenvalue weighted by Crippen LogP contribution is -2.33. The number of imidazole rings is 1. The molecule has 4 rings (SSSR count). The number of fused-ring (bicyclic) bond motifs is 1. The summed E-state index contributed by atoms with van der Waals surface area (Å²) in [5.41, 5.74) is 4.06. The highest BCUT2D eigenvalue weighted by Gasteiger charge is 2.44. The highest BCUT2D eigenvalue weighted by Crippen LogP contribution is 2.33. The van der Waals surface area contributed by atoms with Gasteiger partial charge in [-0.15, -0.1) is 0 Å². The number of aliphatic hydroxyl groups excluding tert-OH is 3. The van der Waals surface area contributed by atoms with E-state index in [4.69, 9.17) is 4.74 Å². The maximum atomic E-state index is 10.3. The largest absolute Gasteiger partial charge is 0.394 e. The Balaban J connectivity index is 1.73. The molecule has 0 radical (unpaired) electrons. The number of aryl methyl sites for hydroxylation is 2. The van der Waals surface area contributed by atoms with Gasteiger partial charge in [-0.1, -0.05) is 18.2 Å². The third-order valence-electron chi connectivity index (χ3n) is 4.87. The van der Waals surface area contributed by atoms with Crippen molar-refractivity contribution in [3.05, 3.63) is 42.0 Å². The molecule has 1 aliphatic rings. The summed E-state index contributed by atoms with van der Waals surface area (Å²) < 4.78 is 7.11. The van der Waals surface area contributed by atoms with Gasteiger partial charge < -0.3 is 25.4 Å². The molecule has 1 aromatic carbocycles. The van der Waals surface area contributed by atoms with E-state index in [1.807, 2.05) is 32.0 Å². The summed E-state index contributed by atoms with van der Waals surface area (Å²) in [6.45, 7) is 3.62. The standard InChI is InChI=1S/C18H21N5O4/c1-9-4-3-5-10(2)12(9)22-16-13-17(20-7-19-16)23(8-21-13)18-15(26)14(25)11(6-24)27-18/h3-5,7-8,11,14-15,18,24-26H,6H2,1-2H3,(H,19,20,22)/t11-,14-,15-,18-/m1/s1. The van der Waals surface area contributed by atoms with Gasteiger partial charge in [0.05, 0.1) is 12.9 Å². The van der Waals surface area contributed by atoms with E-state index >= 15 is 0 Å². The Morgan fingerprint density at radius 2 is 1.85 bits per heavy atom. The number of rotatable bonds is 4. The normalized spacial score (nSPS) is 25.2. The SMILES string of the molecule is Cc1cccc(C)c1Nc1ncnc2c1ncn2[C@@H]1O[C@H](CO)[C@@H](O)[C@H]1O. The lowest BCUT2D eigenvalue weighted by atomic mass is 10.1. The van der Waals surface area contributed by atoms with Crippen LogP contribution >= 0.6 is 0 Å². The van der Waals surface area contributed by atoms with Gasteiger partial charge in [-0.2, -0.15) is 0 Å². The van der Waals surface area contributed by atoms with Gasteiger partial charge in [0, 0.05) is 5.69 Å². The van der Waals surface area contributed by atoms with Crippen LogP contribution in [0.15, 0.2) is 30.9 Å². The molecular formula is C18H21N5O4. The van der Waals surface area contributed by atoms with E-state index in [-0.39, 0.29) is 0 Å². The summed E-state index contributed by atoms with van der Waals surface area (Å²) in [6, 6.07) is 6.00. The molecule has 1 fully saturated rings. The summed E-state index contributed by atoms with van der Waals surface area (Å²) in [5.74, 6) is 0.530. The van der Waals surface area contributed by atoms with Crippen LogP contribution in [-0.2, 0) is 4.74 Å². The fraction of sp³-hybridized carbons (Fsp3) is 0.389. The molecule has 142 valence electrons. The third-order valence-corrected chi connectivity index (χ3v) is 4.87. The molecule has 3 aromatic rings. The quantitative estimate of drug-likeness (QED) is 0.531. The van der Waals surface area contributed by atoms with E-state index < -0.39 is 31.1 Å². The van der Waals surface area contributed by atoms with Crippen molar-refractivity contribution in [2.45, 2.75) is 38.4 Å². The molecule has 2 aromatic heterocycles. The predicted molar refractivity (Wildman–Crippen MR) is 97.5 cm³/mol. The highest BCUT2D eigenvalue weighted by molar-refractivity contribution is 5.86. The van der Waals surface area contributed by atoms with Crippen molar-refractivity contribution >= 4 is 22.7 Å². The zero-order valence-electron chi connectivity index (χ0n) is 14.9. The molecule has 0 amide bonds. The first kappa shape index (κ1) is 17.8. The number of ether oxygens (including phenoxy) is 1. The van der Waals surface area contributed by atoms with Gasteiger partial charge >= 0.3 is 0 Å². The molecule has 0 aliphatic carbocycles. The second-order valence-electron chi connectivity index (χ2n) is 6.67. The number of hydrogen-bond acceptors (Lipinski definition) is 8. The van der Waals surface area contributed by atoms with Crippen LogP contribution in [-0.4, -0.2) is 59.8 Å². The van der Waals surface area contributed by atoms with Gasteiger partial charge in [0.2, 0.25) is 0 Å². The van der Waals surface area contributed by atoms with Crippen LogP contribution < -0.4 is 5.32 Å². The van der Waals surface area contributed by atoms with Gasteiger partial charge in [0.1, 0.15) is 24.6 Å². The van der Waals surface area contributed by atoms with Crippen LogP contribution in [0.1, 0.15) is 17.4 Å². The molecule has 9 nitrogen and oxygen atoms in total. The second-order valence-corrected chi connectivity index (χ2v) is 6.67. The topological polar surface area (TPSA) is 126 Å². The Kier molecular flexibility index (Phi) is 4.52. The van der Waals surface area contributed by atoms with Crippen molar-refractivity contribution in [1.82, 2.24) is 19.5 Å². The van der Waals surface area contributed by atoms with Gasteiger partial charge in [-0.3, -0.25) is 4.57 Å². The number of aromatic nitrogens is 4. The smallest absolute Gasteiger partial charge is 0.167 e. The van der Waals surface area contributed by atoms with Crippen LogP contribution in [0, 0.1) is 13.8 Å². The average molecular weight is 371 g/mol. The van der Waals surface area contributed by atoms with Gasteiger partial charge in [-0.05, 0) is 25.0 Å². The zero-order chi connectivity index (χ0) is 19.1. The van der Waals surface area contributed by atoms with E-state index in [0.29, 0.717) is 17.0 Å². The molecule has 0 saturated carbocycles. The van der Waals surface area contributed by atoms with Crippen LogP contribution in [0.5, 0.6) is 0 Å². The van der Waals surface area contributed by atoms with Crippen LogP contribution in [0.2, 0.25) is 0 Å². The molecule has 1 aliphatic heterocycles. The lowest BCUT2D eigenvalue weighted by molar-refractivity contribution is -0.0511. The van der Waals surface area contributed by atoms with Crippen molar-refractivity contribution in [2.75, 3.05) is 11.9 Å². The van der Waals surface area contributed by atoms with Crippen LogP contribution in [0.3, 0.4) is 0 Å². The third kappa shape index (κ3) is 2.94. The number of hydrogen-bond donors (Lipinski definition) is 4. The molecule has 3 heterocycles. The Bertz CT molecular complexity index is 955. The summed E-state index contributed by atoms with van der Waals surface area (Å²) in [6.07, 6.45) is -1.27. The summed E-state index contributed by atoms with van der Waals surface area (Å²) >= 11 is 0. The van der Waals surface area contributed by atoms with Crippen molar-refractivity contribution in [1.29, 1.82) is 0 Å². The summed E-state index contributed by atoms with van der Waals surface area (Å²) in [4.78, 5) is 12.9. The molecule has 9 heteroatoms. The maximum Gasteiger partial charge on any atom is 0.167 e. The number of anilines is 2. The molecular weight excluding hydrogens is 350 g/mol. The fourth-order valence-corrected chi connectivity index (χ4v) is 3.37. The van der Waals surface area contributed by atoms with Crippen molar-refractivity contribution in [3.8, 4) is 0 Å². The molecule has 1 saturated heterocycles. The van der Waals surface area contributed by atoms with E-state index in [1.54, 1.807) is 0 Å². The maximum absolute atomic E-state index is 10.3. The number of nitrogens with one attached hydrogen (secondary N) is 1. The summed E-state index contributed by atoms with van der Waals surface area (Å²) in [7, 11) is 0. The molecule has 4 N–H and O–H groups in total. The van der Waals surface area contributed by atoms with Crippen LogP contribution in [0.4, 0.5) is 11.5 Å². The minimum absolute atomic E-state index is 0.393. The Morgan fingerprint density at radius 3 is 2.52 bits per heavy atom. The van der Waals surface area contributed by atoms with Crippen molar-refractivity contribution < 1.29 is 20.1 Å². The van der Waals surface area contributed by atoms with E-state index in [2.05, 4.69) is 20.3 Å². The highest BCUT2D eigenvalue weighted by atomic mass is 16.6. The van der Waals surface area contributed by atoms with E-state index in [0.717, 1.165) is 16.8 Å². The molecule has 27 heavy (non-hydrogen) atoms. The number of benzene rings is 1. The van der Waals surface area contributed by atoms with Gasteiger partial charge in [-0.25, -0.2) is 15.0 Å². The molecule has 0 spiro atoms. The predicted octanol–water partition coefficient (Wildman–Crippen LogP) is 0.798. The van der Waals surface area contributed by atoms with E-state index in [1.165, 1.54) is 17.2 Å². The van der Waals surface area contributed by atoms with Gasteiger partial charge in [0.25, 0.3) is 0 Å². The first-order chi connectivity index (χ1) is 13.0. The Labute approximate surface area is 155 Å². The Morgan fingerprint density at radius 1 is 1.11 bits per heavy atom. The average Bonchev–Trinajstić information content (AvgIpc) is 3.20. The van der Waals surface area contributed by atoms with Crippen molar-refractivity contribution in [2.24, 2.45) is 0 Å². The first-order valence-corrected chi connectivity index (χ1v) is 8.64. The molecule has 0 unspecified atom stereocenters. The molecule has 0 bridgehead atoms. The van der Waals surface area contributed by atoms with Gasteiger partial charge in [0.15, 0.2) is 23.2 Å². The second kappa shape index (κ2) is 6.86. The lowest BCUT2D eigenvalue weighted by Gasteiger charge is -2.16. The number of aliphatic hydroxyl groups is 3. The first-order valence-electron chi connectivity index (χ1n) is 8.64. The number of para-hydroxylation sites is 1. The monoisotopic (exact) mass is 371 g/mol. The summed E-state index contributed by atoms with van der Waals surface area (Å²) in [5, 5.41) is 32.9. The van der Waals surface area contributed by atoms with Crippen molar-refractivity contribution in [3.63, 3.8) is 0 Å². The Hall–Kier alpha value is -2.59. The molecule has 4 atom stereocenters. The minimum atomic E-state index is -1.20. The number of nitrogens with zero attached hydrogens (tertiary/aromatic N) is 4. The minimum Gasteiger partial charge on any atom is -0.394 e.